The average molecular weight is 384 g/mol. The Hall–Kier alpha value is -3.48. The first-order chi connectivity index (χ1) is 13.6. The van der Waals surface area contributed by atoms with Crippen molar-refractivity contribution in [2.24, 2.45) is 5.10 Å². The summed E-state index contributed by atoms with van der Waals surface area (Å²) in [5, 5.41) is 3.92. The smallest absolute Gasteiger partial charge is 0.277 e. The molecular formula is C21H24N2O5. The lowest BCUT2D eigenvalue weighted by atomic mass is 10.1. The monoisotopic (exact) mass is 384 g/mol. The lowest BCUT2D eigenvalue weighted by Gasteiger charge is -2.11. The van der Waals surface area contributed by atoms with Gasteiger partial charge in [-0.15, -0.1) is 6.58 Å². The van der Waals surface area contributed by atoms with E-state index < -0.39 is 5.91 Å². The first-order valence-corrected chi connectivity index (χ1v) is 8.55. The summed E-state index contributed by atoms with van der Waals surface area (Å²) in [6.07, 6.45) is 4.03. The molecule has 0 fully saturated rings. The number of hydrazone groups is 1. The summed E-state index contributed by atoms with van der Waals surface area (Å²) < 4.78 is 21.2. The van der Waals surface area contributed by atoms with E-state index in [1.165, 1.54) is 6.21 Å². The quantitative estimate of drug-likeness (QED) is 0.387. The zero-order chi connectivity index (χ0) is 20.4. The molecule has 0 aliphatic heterocycles. The molecule has 7 nitrogen and oxygen atoms in total. The van der Waals surface area contributed by atoms with E-state index in [4.69, 9.17) is 18.9 Å². The number of hydrogen-bond donors (Lipinski definition) is 1. The van der Waals surface area contributed by atoms with E-state index in [0.717, 1.165) is 17.5 Å². The van der Waals surface area contributed by atoms with E-state index in [0.29, 0.717) is 23.0 Å². The molecule has 0 radical (unpaired) electrons. The Balaban J connectivity index is 1.91. The van der Waals surface area contributed by atoms with Crippen LogP contribution in [0.15, 0.2) is 54.2 Å². The fraction of sp³-hybridized carbons (Fsp3) is 0.238. The number of ether oxygens (including phenoxy) is 4. The molecular weight excluding hydrogens is 360 g/mol. The largest absolute Gasteiger partial charge is 0.493 e. The molecule has 0 bridgehead atoms. The summed E-state index contributed by atoms with van der Waals surface area (Å²) in [4.78, 5) is 12.0. The first-order valence-electron chi connectivity index (χ1n) is 8.55. The lowest BCUT2D eigenvalue weighted by molar-refractivity contribution is -0.123. The third-order valence-corrected chi connectivity index (χ3v) is 3.78. The minimum Gasteiger partial charge on any atom is -0.493 e. The molecule has 0 unspecified atom stereocenters. The summed E-state index contributed by atoms with van der Waals surface area (Å²) in [6.45, 7) is 3.52. The number of rotatable bonds is 10. The van der Waals surface area contributed by atoms with Crippen molar-refractivity contribution in [2.75, 3.05) is 27.9 Å². The van der Waals surface area contributed by atoms with Gasteiger partial charge in [-0.3, -0.25) is 4.79 Å². The van der Waals surface area contributed by atoms with Crippen molar-refractivity contribution < 1.29 is 23.7 Å². The van der Waals surface area contributed by atoms with Crippen molar-refractivity contribution in [1.29, 1.82) is 0 Å². The van der Waals surface area contributed by atoms with Gasteiger partial charge in [0.2, 0.25) is 0 Å². The minimum atomic E-state index is -0.394. The molecule has 2 aromatic rings. The van der Waals surface area contributed by atoms with Gasteiger partial charge in [0, 0.05) is 0 Å². The Morgan fingerprint density at radius 2 is 1.68 bits per heavy atom. The molecule has 148 valence electrons. The van der Waals surface area contributed by atoms with Crippen molar-refractivity contribution in [3.8, 4) is 23.0 Å². The molecule has 1 amide bonds. The molecule has 2 rings (SSSR count). The number of carbonyl (C=O) groups is 1. The minimum absolute atomic E-state index is 0.194. The van der Waals surface area contributed by atoms with Crippen molar-refractivity contribution in [3.63, 3.8) is 0 Å². The normalized spacial score (nSPS) is 10.4. The number of nitrogens with one attached hydrogen (secondary N) is 1. The molecule has 1 N–H and O–H groups in total. The molecule has 0 aromatic heterocycles. The van der Waals surface area contributed by atoms with Crippen molar-refractivity contribution in [3.05, 3.63) is 60.2 Å². The first kappa shape index (κ1) is 20.8. The van der Waals surface area contributed by atoms with Crippen LogP contribution in [0.3, 0.4) is 0 Å². The molecule has 0 aliphatic rings. The summed E-state index contributed by atoms with van der Waals surface area (Å²) in [5.41, 5.74) is 4.21. The van der Waals surface area contributed by atoms with E-state index in [1.54, 1.807) is 51.7 Å². The van der Waals surface area contributed by atoms with Crippen LogP contribution in [-0.2, 0) is 11.2 Å². The molecule has 0 spiro atoms. The van der Waals surface area contributed by atoms with E-state index in [9.17, 15) is 4.79 Å². The van der Waals surface area contributed by atoms with Crippen LogP contribution in [0.2, 0.25) is 0 Å². The highest BCUT2D eigenvalue weighted by atomic mass is 16.5. The molecule has 0 aliphatic carbocycles. The zero-order valence-corrected chi connectivity index (χ0v) is 16.2. The number of benzene rings is 2. The van der Waals surface area contributed by atoms with Gasteiger partial charge in [0.25, 0.3) is 5.91 Å². The van der Waals surface area contributed by atoms with Gasteiger partial charge in [-0.25, -0.2) is 5.43 Å². The van der Waals surface area contributed by atoms with Crippen LogP contribution < -0.4 is 24.4 Å². The maximum atomic E-state index is 12.0. The number of nitrogens with zero attached hydrogens (tertiary/aromatic N) is 1. The predicted octanol–water partition coefficient (Wildman–Crippen LogP) is 2.97. The van der Waals surface area contributed by atoms with Crippen LogP contribution >= 0.6 is 0 Å². The SMILES string of the molecule is C=CCc1ccc(OCC(=O)NN=Cc2ccc(OC)c(OC)c2)c(OC)c1. The fourth-order valence-corrected chi connectivity index (χ4v) is 2.41. The van der Waals surface area contributed by atoms with Gasteiger partial charge in [0.15, 0.2) is 29.6 Å². The average Bonchev–Trinajstić information content (AvgIpc) is 2.72. The van der Waals surface area contributed by atoms with E-state index >= 15 is 0 Å². The van der Waals surface area contributed by atoms with Crippen LogP contribution in [0.5, 0.6) is 23.0 Å². The van der Waals surface area contributed by atoms with Crippen molar-refractivity contribution in [2.45, 2.75) is 6.42 Å². The molecule has 7 heteroatoms. The Bertz CT molecular complexity index is 849. The Kier molecular flexibility index (Phi) is 7.90. The second kappa shape index (κ2) is 10.6. The van der Waals surface area contributed by atoms with E-state index in [-0.39, 0.29) is 6.61 Å². The summed E-state index contributed by atoms with van der Waals surface area (Å²) >= 11 is 0. The molecule has 28 heavy (non-hydrogen) atoms. The third-order valence-electron chi connectivity index (χ3n) is 3.78. The third kappa shape index (κ3) is 5.77. The van der Waals surface area contributed by atoms with Gasteiger partial charge >= 0.3 is 0 Å². The molecule has 2 aromatic carbocycles. The topological polar surface area (TPSA) is 78.4 Å². The summed E-state index contributed by atoms with van der Waals surface area (Å²) in [5.74, 6) is 1.84. The van der Waals surface area contributed by atoms with Crippen LogP contribution in [-0.4, -0.2) is 40.1 Å². The number of carbonyl (C=O) groups excluding carboxylic acids is 1. The van der Waals surface area contributed by atoms with Gasteiger partial charge in [-0.2, -0.15) is 5.10 Å². The number of amides is 1. The summed E-state index contributed by atoms with van der Waals surface area (Å²) in [7, 11) is 4.66. The van der Waals surface area contributed by atoms with E-state index in [1.807, 2.05) is 12.1 Å². The van der Waals surface area contributed by atoms with Gasteiger partial charge in [-0.05, 0) is 47.9 Å². The van der Waals surface area contributed by atoms with Gasteiger partial charge < -0.3 is 18.9 Å². The lowest BCUT2D eigenvalue weighted by Crippen LogP contribution is -2.24. The van der Waals surface area contributed by atoms with Crippen molar-refractivity contribution >= 4 is 12.1 Å². The predicted molar refractivity (Wildman–Crippen MR) is 108 cm³/mol. The van der Waals surface area contributed by atoms with Crippen LogP contribution in [0.1, 0.15) is 11.1 Å². The highest BCUT2D eigenvalue weighted by Crippen LogP contribution is 2.28. The summed E-state index contributed by atoms with van der Waals surface area (Å²) in [6, 6.07) is 10.8. The fourth-order valence-electron chi connectivity index (χ4n) is 2.41. The maximum Gasteiger partial charge on any atom is 0.277 e. The molecule has 0 atom stereocenters. The van der Waals surface area contributed by atoms with Gasteiger partial charge in [-0.1, -0.05) is 12.1 Å². The Morgan fingerprint density at radius 3 is 2.36 bits per heavy atom. The van der Waals surface area contributed by atoms with Crippen LogP contribution in [0.4, 0.5) is 0 Å². The second-order valence-corrected chi connectivity index (χ2v) is 5.67. The molecule has 0 saturated heterocycles. The number of allylic oxidation sites excluding steroid dienone is 1. The van der Waals surface area contributed by atoms with Gasteiger partial charge in [0.1, 0.15) is 0 Å². The number of methoxy groups -OCH3 is 3. The molecule has 0 heterocycles. The van der Waals surface area contributed by atoms with Crippen molar-refractivity contribution in [1.82, 2.24) is 5.43 Å². The highest BCUT2D eigenvalue weighted by molar-refractivity contribution is 5.83. The maximum absolute atomic E-state index is 12.0. The molecule has 0 saturated carbocycles. The number of hydrogen-bond acceptors (Lipinski definition) is 6. The van der Waals surface area contributed by atoms with Crippen LogP contribution in [0, 0.1) is 0 Å². The Labute approximate surface area is 164 Å². The van der Waals surface area contributed by atoms with Crippen LogP contribution in [0.25, 0.3) is 0 Å². The standard InChI is InChI=1S/C21H24N2O5/c1-5-6-15-7-10-18(20(11-15)27-4)28-14-21(24)23-22-13-16-8-9-17(25-2)19(12-16)26-3/h5,7-13H,1,6,14H2,2-4H3,(H,23,24). The highest BCUT2D eigenvalue weighted by Gasteiger charge is 2.08. The zero-order valence-electron chi connectivity index (χ0n) is 16.2. The Morgan fingerprint density at radius 1 is 1.00 bits per heavy atom. The van der Waals surface area contributed by atoms with E-state index in [2.05, 4.69) is 17.1 Å². The second-order valence-electron chi connectivity index (χ2n) is 5.67. The van der Waals surface area contributed by atoms with Gasteiger partial charge in [0.05, 0.1) is 27.5 Å².